The van der Waals surface area contributed by atoms with Gasteiger partial charge in [-0.25, -0.2) is 0 Å². The highest BCUT2D eigenvalue weighted by Gasteiger charge is 2.37. The number of nitrogens with one attached hydrogen (secondary N) is 2. The van der Waals surface area contributed by atoms with E-state index in [1.807, 2.05) is 6.07 Å². The first-order valence-electron chi connectivity index (χ1n) is 11.5. The van der Waals surface area contributed by atoms with Crippen molar-refractivity contribution in [2.45, 2.75) is 24.9 Å². The Morgan fingerprint density at radius 2 is 1.09 bits per heavy atom. The van der Waals surface area contributed by atoms with Crippen LogP contribution in [0.2, 0.25) is 12.1 Å². The fourth-order valence-electron chi connectivity index (χ4n) is 3.91. The van der Waals surface area contributed by atoms with Gasteiger partial charge >= 0.3 is 17.6 Å². The molecule has 0 spiro atoms. The quantitative estimate of drug-likeness (QED) is 0.235. The molecule has 0 amide bonds. The van der Waals surface area contributed by atoms with Crippen LogP contribution in [0.1, 0.15) is 12.8 Å². The van der Waals surface area contributed by atoms with Crippen LogP contribution >= 0.6 is 0 Å². The molecule has 0 unspecified atom stereocenters. The second-order valence-electron chi connectivity index (χ2n) is 7.75. The Labute approximate surface area is 206 Å². The maximum atomic E-state index is 5.55. The van der Waals surface area contributed by atoms with Crippen LogP contribution in [0.15, 0.2) is 48.5 Å². The summed E-state index contributed by atoms with van der Waals surface area (Å²) in [5.74, 6) is 0. The van der Waals surface area contributed by atoms with E-state index in [1.165, 1.54) is 0 Å². The highest BCUT2D eigenvalue weighted by molar-refractivity contribution is 6.60. The van der Waals surface area contributed by atoms with E-state index in [0.717, 1.165) is 60.5 Å². The fourth-order valence-corrected chi connectivity index (χ4v) is 7.35. The zero-order valence-corrected chi connectivity index (χ0v) is 23.3. The Balaban J connectivity index is 2.13. The molecule has 0 aromatic heterocycles. The third kappa shape index (κ3) is 7.62. The average Bonchev–Trinajstić information content (AvgIpc) is 2.90. The molecule has 0 aliphatic heterocycles. The molecule has 10 heteroatoms. The van der Waals surface area contributed by atoms with Crippen LogP contribution in [-0.4, -0.2) is 73.4 Å². The second-order valence-corrected chi connectivity index (χ2v) is 13.9. The van der Waals surface area contributed by atoms with E-state index in [0.29, 0.717) is 0 Å². The Bertz CT molecular complexity index is 819. The summed E-state index contributed by atoms with van der Waals surface area (Å²) in [6, 6.07) is 18.2. The molecule has 2 aromatic carbocycles. The van der Waals surface area contributed by atoms with E-state index in [1.54, 1.807) is 42.7 Å². The predicted molar refractivity (Wildman–Crippen MR) is 141 cm³/mol. The Kier molecular flexibility index (Phi) is 12.2. The van der Waals surface area contributed by atoms with Gasteiger partial charge in [-0.15, -0.1) is 0 Å². The summed E-state index contributed by atoms with van der Waals surface area (Å²) in [6.07, 6.45) is 1.72. The molecule has 0 atom stereocenters. The first-order chi connectivity index (χ1) is 16.5. The van der Waals surface area contributed by atoms with Gasteiger partial charge < -0.3 is 37.2 Å². The van der Waals surface area contributed by atoms with Gasteiger partial charge in [0, 0.05) is 73.4 Å². The molecule has 0 saturated carbocycles. The standard InChI is InChI=1S/C24H40N2O6Si2/c1-27-33(28-2,29-3)19-11-17-25-23-16-10-15-22(21-13-8-7-9-14-21)24(23)26-18-12-20-34(30-4,31-5)32-6/h7-10,13-16,25-26H,11-12,17-20H2,1-6H3. The minimum atomic E-state index is -2.59. The van der Waals surface area contributed by atoms with Gasteiger partial charge in [-0.1, -0.05) is 42.5 Å². The van der Waals surface area contributed by atoms with Gasteiger partial charge in [0.1, 0.15) is 0 Å². The molecule has 8 nitrogen and oxygen atoms in total. The zero-order valence-electron chi connectivity index (χ0n) is 21.3. The number of anilines is 2. The van der Waals surface area contributed by atoms with E-state index in [9.17, 15) is 0 Å². The summed E-state index contributed by atoms with van der Waals surface area (Å²) < 4.78 is 33.3. The van der Waals surface area contributed by atoms with Crippen molar-refractivity contribution >= 4 is 29.0 Å². The maximum absolute atomic E-state index is 5.55. The van der Waals surface area contributed by atoms with Crippen molar-refractivity contribution < 1.29 is 26.6 Å². The number of hydrogen-bond acceptors (Lipinski definition) is 8. The first-order valence-corrected chi connectivity index (χ1v) is 15.4. The number of benzene rings is 2. The average molecular weight is 509 g/mol. The van der Waals surface area contributed by atoms with Crippen LogP contribution in [0.3, 0.4) is 0 Å². The highest BCUT2D eigenvalue weighted by Crippen LogP contribution is 2.34. The molecule has 2 aromatic rings. The molecule has 0 aliphatic carbocycles. The van der Waals surface area contributed by atoms with Crippen molar-refractivity contribution in [3.63, 3.8) is 0 Å². The predicted octanol–water partition coefficient (Wildman–Crippen LogP) is 4.71. The van der Waals surface area contributed by atoms with Crippen molar-refractivity contribution in [1.29, 1.82) is 0 Å². The topological polar surface area (TPSA) is 79.4 Å². The molecule has 2 N–H and O–H groups in total. The zero-order chi connectivity index (χ0) is 24.9. The molecular formula is C24H40N2O6Si2. The van der Waals surface area contributed by atoms with E-state index < -0.39 is 17.6 Å². The van der Waals surface area contributed by atoms with Crippen LogP contribution in [0.5, 0.6) is 0 Å². The molecule has 190 valence electrons. The minimum Gasteiger partial charge on any atom is -0.383 e. The van der Waals surface area contributed by atoms with E-state index >= 15 is 0 Å². The molecule has 0 heterocycles. The summed E-state index contributed by atoms with van der Waals surface area (Å²) in [6.45, 7) is 1.53. The second kappa shape index (κ2) is 14.6. The van der Waals surface area contributed by atoms with E-state index in [2.05, 4.69) is 53.1 Å². The summed E-state index contributed by atoms with van der Waals surface area (Å²) >= 11 is 0. The lowest BCUT2D eigenvalue weighted by molar-refractivity contribution is 0.122. The Hall–Kier alpha value is -1.77. The SMILES string of the molecule is CO[Si](CCCNc1cccc(-c2ccccc2)c1NCCC[Si](OC)(OC)OC)(OC)OC. The molecule has 0 bridgehead atoms. The molecule has 0 radical (unpaired) electrons. The molecule has 0 saturated heterocycles. The molecule has 34 heavy (non-hydrogen) atoms. The Morgan fingerprint density at radius 1 is 0.588 bits per heavy atom. The van der Waals surface area contributed by atoms with Crippen LogP contribution in [0, 0.1) is 0 Å². The lowest BCUT2D eigenvalue weighted by Crippen LogP contribution is -2.43. The van der Waals surface area contributed by atoms with Gasteiger partial charge in [-0.2, -0.15) is 0 Å². The van der Waals surface area contributed by atoms with Gasteiger partial charge in [0.05, 0.1) is 11.4 Å². The van der Waals surface area contributed by atoms with Gasteiger partial charge in [0.2, 0.25) is 0 Å². The lowest BCUT2D eigenvalue weighted by Gasteiger charge is -2.25. The lowest BCUT2D eigenvalue weighted by atomic mass is 10.0. The van der Waals surface area contributed by atoms with Crippen molar-refractivity contribution in [1.82, 2.24) is 0 Å². The van der Waals surface area contributed by atoms with Gasteiger partial charge in [0.15, 0.2) is 0 Å². The first kappa shape index (κ1) is 28.5. The van der Waals surface area contributed by atoms with Crippen LogP contribution < -0.4 is 10.6 Å². The number of para-hydroxylation sites is 1. The third-order valence-electron chi connectivity index (χ3n) is 5.95. The molecule has 0 fully saturated rings. The number of hydrogen-bond donors (Lipinski definition) is 2. The summed E-state index contributed by atoms with van der Waals surface area (Å²) in [5, 5.41) is 7.23. The van der Waals surface area contributed by atoms with Crippen molar-refractivity contribution in [2.75, 3.05) is 66.4 Å². The van der Waals surface area contributed by atoms with Crippen LogP contribution in [-0.2, 0) is 26.6 Å². The monoisotopic (exact) mass is 508 g/mol. The normalized spacial score (nSPS) is 12.1. The summed E-state index contributed by atoms with van der Waals surface area (Å²) in [4.78, 5) is 0. The van der Waals surface area contributed by atoms with Gasteiger partial charge in [-0.3, -0.25) is 0 Å². The molecular weight excluding hydrogens is 468 g/mol. The van der Waals surface area contributed by atoms with E-state index in [4.69, 9.17) is 26.6 Å². The number of rotatable bonds is 17. The minimum absolute atomic E-state index is 0.734. The fraction of sp³-hybridized carbons (Fsp3) is 0.500. The summed E-state index contributed by atoms with van der Waals surface area (Å²) in [5.41, 5.74) is 4.43. The Morgan fingerprint density at radius 3 is 1.59 bits per heavy atom. The van der Waals surface area contributed by atoms with E-state index in [-0.39, 0.29) is 0 Å². The summed E-state index contributed by atoms with van der Waals surface area (Å²) in [7, 11) is 4.71. The van der Waals surface area contributed by atoms with Gasteiger partial charge in [0.25, 0.3) is 0 Å². The third-order valence-corrected chi connectivity index (χ3v) is 11.6. The molecule has 2 rings (SSSR count). The van der Waals surface area contributed by atoms with Crippen LogP contribution in [0.25, 0.3) is 11.1 Å². The molecule has 0 aliphatic rings. The highest BCUT2D eigenvalue weighted by atomic mass is 28.4. The maximum Gasteiger partial charge on any atom is 0.500 e. The van der Waals surface area contributed by atoms with Crippen LogP contribution in [0.4, 0.5) is 11.4 Å². The van der Waals surface area contributed by atoms with Crippen molar-refractivity contribution in [3.05, 3.63) is 48.5 Å². The van der Waals surface area contributed by atoms with Gasteiger partial charge in [-0.05, 0) is 24.5 Å². The van der Waals surface area contributed by atoms with Crippen molar-refractivity contribution in [3.8, 4) is 11.1 Å². The largest absolute Gasteiger partial charge is 0.500 e. The van der Waals surface area contributed by atoms with Crippen molar-refractivity contribution in [2.24, 2.45) is 0 Å². The smallest absolute Gasteiger partial charge is 0.383 e.